The summed E-state index contributed by atoms with van der Waals surface area (Å²) in [6.07, 6.45) is 0. The number of hydrogen-bond donors (Lipinski definition) is 1. The molecule has 2 N–H and O–H groups in total. The molecule has 0 spiro atoms. The first-order valence-electron chi connectivity index (χ1n) is 3.70. The number of ether oxygens (including phenoxy) is 2. The molecule has 0 aliphatic heterocycles. The van der Waals surface area contributed by atoms with E-state index in [1.807, 2.05) is 0 Å². The summed E-state index contributed by atoms with van der Waals surface area (Å²) < 4.78 is 9.90. The maximum atomic E-state index is 10.4. The Balaban J connectivity index is 3.19. The van der Waals surface area contributed by atoms with Crippen molar-refractivity contribution in [2.75, 3.05) is 40.6 Å². The van der Waals surface area contributed by atoms with Crippen LogP contribution in [0.5, 0.6) is 0 Å². The van der Waals surface area contributed by atoms with Crippen LogP contribution in [0.1, 0.15) is 0 Å². The molecule has 0 heterocycles. The lowest BCUT2D eigenvalue weighted by Crippen LogP contribution is -2.32. The van der Waals surface area contributed by atoms with Crippen molar-refractivity contribution in [1.29, 1.82) is 0 Å². The van der Waals surface area contributed by atoms with Crippen molar-refractivity contribution >= 4 is 5.91 Å². The predicted octanol–water partition coefficient (Wildman–Crippen LogP) is -0.976. The van der Waals surface area contributed by atoms with Gasteiger partial charge in [0.15, 0.2) is 0 Å². The molecule has 12 heavy (non-hydrogen) atoms. The van der Waals surface area contributed by atoms with Crippen molar-refractivity contribution in [3.63, 3.8) is 0 Å². The van der Waals surface area contributed by atoms with E-state index in [4.69, 9.17) is 15.2 Å². The van der Waals surface area contributed by atoms with Gasteiger partial charge in [0.1, 0.15) is 0 Å². The molecule has 0 rings (SSSR count). The highest BCUT2D eigenvalue weighted by atomic mass is 16.5. The summed E-state index contributed by atoms with van der Waals surface area (Å²) in [7, 11) is 3.37. The van der Waals surface area contributed by atoms with Crippen LogP contribution in [0.25, 0.3) is 0 Å². The summed E-state index contributed by atoms with van der Waals surface area (Å²) in [4.78, 5) is 12.1. The minimum Gasteiger partial charge on any atom is -0.382 e. The molecule has 0 atom stereocenters. The van der Waals surface area contributed by atoms with E-state index in [0.717, 1.165) is 0 Å². The van der Waals surface area contributed by atoms with Crippen molar-refractivity contribution in [3.05, 3.63) is 0 Å². The predicted molar refractivity (Wildman–Crippen MR) is 44.5 cm³/mol. The van der Waals surface area contributed by atoms with Crippen molar-refractivity contribution < 1.29 is 14.3 Å². The fraction of sp³-hybridized carbons (Fsp3) is 0.857. The molecule has 0 saturated carbocycles. The van der Waals surface area contributed by atoms with Gasteiger partial charge in [0.05, 0.1) is 26.5 Å². The smallest absolute Gasteiger partial charge is 0.231 e. The van der Waals surface area contributed by atoms with Crippen molar-refractivity contribution in [2.45, 2.75) is 0 Å². The molecule has 0 aromatic carbocycles. The van der Waals surface area contributed by atoms with Crippen LogP contribution < -0.4 is 5.73 Å². The Morgan fingerprint density at radius 1 is 1.50 bits per heavy atom. The van der Waals surface area contributed by atoms with Crippen LogP contribution >= 0.6 is 0 Å². The van der Waals surface area contributed by atoms with Crippen molar-refractivity contribution in [3.8, 4) is 0 Å². The third-order valence-electron chi connectivity index (χ3n) is 1.17. The lowest BCUT2D eigenvalue weighted by atomic mass is 10.6. The summed E-state index contributed by atoms with van der Waals surface area (Å²) >= 11 is 0. The molecule has 5 heteroatoms. The number of primary amides is 1. The summed E-state index contributed by atoms with van der Waals surface area (Å²) in [5.41, 5.74) is 4.96. The number of hydrogen-bond acceptors (Lipinski definition) is 4. The van der Waals surface area contributed by atoms with Gasteiger partial charge in [-0.1, -0.05) is 0 Å². The van der Waals surface area contributed by atoms with Crippen LogP contribution in [0.3, 0.4) is 0 Å². The minimum atomic E-state index is -0.354. The highest BCUT2D eigenvalue weighted by Crippen LogP contribution is 1.83. The molecule has 72 valence electrons. The van der Waals surface area contributed by atoms with Crippen LogP contribution in [-0.4, -0.2) is 51.5 Å². The van der Waals surface area contributed by atoms with E-state index in [9.17, 15) is 4.79 Å². The molecule has 5 nitrogen and oxygen atoms in total. The maximum absolute atomic E-state index is 10.4. The molecule has 0 aliphatic carbocycles. The fourth-order valence-electron chi connectivity index (χ4n) is 0.674. The molecular weight excluding hydrogens is 160 g/mol. The lowest BCUT2D eigenvalue weighted by molar-refractivity contribution is -0.120. The van der Waals surface area contributed by atoms with Gasteiger partial charge in [-0.25, -0.2) is 0 Å². The van der Waals surface area contributed by atoms with Crippen LogP contribution in [0, 0.1) is 0 Å². The number of carbonyl (C=O) groups is 1. The molecule has 0 fully saturated rings. The van der Waals surface area contributed by atoms with E-state index < -0.39 is 0 Å². The average Bonchev–Trinajstić information content (AvgIpc) is 1.97. The second-order valence-electron chi connectivity index (χ2n) is 2.51. The maximum Gasteiger partial charge on any atom is 0.231 e. The Hall–Kier alpha value is -0.650. The monoisotopic (exact) mass is 176 g/mol. The molecule has 0 saturated heterocycles. The van der Waals surface area contributed by atoms with Gasteiger partial charge in [-0.2, -0.15) is 0 Å². The van der Waals surface area contributed by atoms with Crippen molar-refractivity contribution in [1.82, 2.24) is 4.90 Å². The van der Waals surface area contributed by atoms with E-state index in [-0.39, 0.29) is 12.5 Å². The lowest BCUT2D eigenvalue weighted by Gasteiger charge is -2.13. The molecule has 0 aromatic heterocycles. The van der Waals surface area contributed by atoms with Gasteiger partial charge in [-0.05, 0) is 7.05 Å². The van der Waals surface area contributed by atoms with Gasteiger partial charge < -0.3 is 15.2 Å². The van der Waals surface area contributed by atoms with E-state index in [0.29, 0.717) is 19.9 Å². The van der Waals surface area contributed by atoms with Gasteiger partial charge in [-0.15, -0.1) is 0 Å². The number of methoxy groups -OCH3 is 1. The van der Waals surface area contributed by atoms with E-state index in [1.54, 1.807) is 19.1 Å². The van der Waals surface area contributed by atoms with E-state index in [1.165, 1.54) is 0 Å². The van der Waals surface area contributed by atoms with Crippen LogP contribution in [0.2, 0.25) is 0 Å². The summed E-state index contributed by atoms with van der Waals surface area (Å²) in [6, 6.07) is 0. The zero-order valence-electron chi connectivity index (χ0n) is 7.58. The van der Waals surface area contributed by atoms with Crippen LogP contribution in [-0.2, 0) is 14.3 Å². The van der Waals surface area contributed by atoms with Gasteiger partial charge in [-0.3, -0.25) is 9.69 Å². The second kappa shape index (κ2) is 7.02. The molecule has 0 aliphatic rings. The van der Waals surface area contributed by atoms with E-state index in [2.05, 4.69) is 0 Å². The van der Waals surface area contributed by atoms with Crippen LogP contribution in [0.4, 0.5) is 0 Å². The number of likely N-dealkylation sites (N-methyl/N-ethyl adjacent to an activating group) is 1. The molecule has 0 aromatic rings. The Bertz CT molecular complexity index is 130. The largest absolute Gasteiger partial charge is 0.382 e. The number of carbonyl (C=O) groups excluding carboxylic acids is 1. The molecule has 0 radical (unpaired) electrons. The Morgan fingerprint density at radius 2 is 2.17 bits per heavy atom. The Labute approximate surface area is 72.4 Å². The summed E-state index contributed by atoms with van der Waals surface area (Å²) in [5, 5.41) is 0. The molecule has 1 amide bonds. The van der Waals surface area contributed by atoms with Gasteiger partial charge in [0.25, 0.3) is 0 Å². The zero-order chi connectivity index (χ0) is 9.40. The van der Waals surface area contributed by atoms with Gasteiger partial charge in [0.2, 0.25) is 5.91 Å². The SMILES string of the molecule is COCCOCN(C)CC(N)=O. The number of rotatable bonds is 7. The summed E-state index contributed by atoms with van der Waals surface area (Å²) in [6.45, 7) is 1.70. The molecule has 0 bridgehead atoms. The third-order valence-corrected chi connectivity index (χ3v) is 1.17. The van der Waals surface area contributed by atoms with Gasteiger partial charge in [0, 0.05) is 7.11 Å². The second-order valence-corrected chi connectivity index (χ2v) is 2.51. The van der Waals surface area contributed by atoms with Crippen LogP contribution in [0.15, 0.2) is 0 Å². The minimum absolute atomic E-state index is 0.215. The fourth-order valence-corrected chi connectivity index (χ4v) is 0.674. The van der Waals surface area contributed by atoms with Gasteiger partial charge >= 0.3 is 0 Å². The first kappa shape index (κ1) is 11.4. The quantitative estimate of drug-likeness (QED) is 0.400. The van der Waals surface area contributed by atoms with Crippen molar-refractivity contribution in [2.24, 2.45) is 5.73 Å². The Morgan fingerprint density at radius 3 is 2.67 bits per heavy atom. The van der Waals surface area contributed by atoms with E-state index >= 15 is 0 Å². The summed E-state index contributed by atoms with van der Waals surface area (Å²) in [5.74, 6) is -0.354. The topological polar surface area (TPSA) is 64.8 Å². The standard InChI is InChI=1S/C7H16N2O3/c1-9(5-7(8)10)6-12-4-3-11-2/h3-6H2,1-2H3,(H2,8,10). The third kappa shape index (κ3) is 7.46. The highest BCUT2D eigenvalue weighted by molar-refractivity contribution is 5.75. The molecular formula is C7H16N2O3. The molecule has 0 unspecified atom stereocenters. The average molecular weight is 176 g/mol. The number of nitrogens with zero attached hydrogens (tertiary/aromatic N) is 1. The normalized spacial score (nSPS) is 10.6. The number of nitrogens with two attached hydrogens (primary N) is 1. The first-order valence-corrected chi connectivity index (χ1v) is 3.70. The Kier molecular flexibility index (Phi) is 6.64. The zero-order valence-corrected chi connectivity index (χ0v) is 7.58. The highest BCUT2D eigenvalue weighted by Gasteiger charge is 2.00. The first-order chi connectivity index (χ1) is 5.66. The number of amides is 1.